The number of rotatable bonds is 7. The fourth-order valence-electron chi connectivity index (χ4n) is 4.80. The number of hydrogen-bond acceptors (Lipinski definition) is 3. The zero-order chi connectivity index (χ0) is 23.4. The van der Waals surface area contributed by atoms with Crippen molar-refractivity contribution in [1.29, 1.82) is 0 Å². The van der Waals surface area contributed by atoms with Gasteiger partial charge in [0, 0.05) is 16.0 Å². The van der Waals surface area contributed by atoms with E-state index in [0.717, 1.165) is 29.8 Å². The van der Waals surface area contributed by atoms with Crippen molar-refractivity contribution < 1.29 is 14.4 Å². The first-order valence-electron chi connectivity index (χ1n) is 12.0. The van der Waals surface area contributed by atoms with E-state index in [1.54, 1.807) is 16.2 Å². The summed E-state index contributed by atoms with van der Waals surface area (Å²) in [5.74, 6) is 1.63. The van der Waals surface area contributed by atoms with Crippen LogP contribution >= 0.6 is 11.3 Å². The molecule has 1 aliphatic rings. The van der Waals surface area contributed by atoms with Crippen LogP contribution in [0, 0.1) is 19.8 Å². The molecule has 33 heavy (non-hydrogen) atoms. The Morgan fingerprint density at radius 1 is 1.09 bits per heavy atom. The van der Waals surface area contributed by atoms with Crippen LogP contribution in [0.15, 0.2) is 54.6 Å². The van der Waals surface area contributed by atoms with E-state index in [1.165, 1.54) is 34.4 Å². The highest BCUT2D eigenvalue weighted by atomic mass is 32.1. The monoisotopic (exact) mass is 463 g/mol. The number of piperidine rings is 1. The van der Waals surface area contributed by atoms with Gasteiger partial charge in [0.2, 0.25) is 0 Å². The summed E-state index contributed by atoms with van der Waals surface area (Å²) in [6.07, 6.45) is 2.47. The Labute approximate surface area is 201 Å². The number of aryl methyl sites for hydroxylation is 1. The first-order valence-corrected chi connectivity index (χ1v) is 12.8. The van der Waals surface area contributed by atoms with Crippen LogP contribution in [0.1, 0.15) is 64.7 Å². The third-order valence-corrected chi connectivity index (χ3v) is 7.97. The van der Waals surface area contributed by atoms with Crippen molar-refractivity contribution in [3.8, 4) is 5.75 Å². The number of ether oxygens (including phenoxy) is 1. The minimum atomic E-state index is -0.0502. The molecule has 4 nitrogen and oxygen atoms in total. The molecule has 3 aromatic rings. The van der Waals surface area contributed by atoms with E-state index in [-0.39, 0.29) is 11.9 Å². The molecule has 1 saturated heterocycles. The molecule has 4 rings (SSSR count). The van der Waals surface area contributed by atoms with Gasteiger partial charge in [0.05, 0.1) is 25.3 Å². The molecule has 2 aromatic carbocycles. The van der Waals surface area contributed by atoms with Crippen molar-refractivity contribution in [1.82, 2.24) is 0 Å². The van der Waals surface area contributed by atoms with Gasteiger partial charge in [-0.2, -0.15) is 0 Å². The highest BCUT2D eigenvalue weighted by Crippen LogP contribution is 2.39. The standard InChI is InChI=1S/C28H34N2O2S/c1-5-32-24-13-11-22(12-14-24)26(30-17-15-19(2)16-18-30)25-20(3)21(4)33-28(25)29-27(31)23-9-7-6-8-10-23/h6-14,19,26H,5,15-18H2,1-4H3,(H,29,31)/p+1/t26-/m1/s1. The van der Waals surface area contributed by atoms with Crippen LogP contribution in [0.4, 0.5) is 5.00 Å². The highest BCUT2D eigenvalue weighted by Gasteiger charge is 2.34. The number of likely N-dealkylation sites (tertiary alicyclic amines) is 1. The molecule has 1 amide bonds. The molecule has 1 aliphatic heterocycles. The molecule has 2 heterocycles. The number of nitrogens with one attached hydrogen (secondary N) is 2. The van der Waals surface area contributed by atoms with E-state index >= 15 is 0 Å². The molecule has 0 bridgehead atoms. The van der Waals surface area contributed by atoms with Crippen LogP contribution in [-0.2, 0) is 0 Å². The van der Waals surface area contributed by atoms with Crippen molar-refractivity contribution >= 4 is 22.2 Å². The van der Waals surface area contributed by atoms with Gasteiger partial charge in [-0.05, 0) is 81.5 Å². The number of thiophene rings is 1. The molecular weight excluding hydrogens is 428 g/mol. The fraction of sp³-hybridized carbons (Fsp3) is 0.393. The average Bonchev–Trinajstić information content (AvgIpc) is 3.10. The van der Waals surface area contributed by atoms with Gasteiger partial charge in [0.1, 0.15) is 16.8 Å². The van der Waals surface area contributed by atoms with Crippen LogP contribution in [0.5, 0.6) is 5.75 Å². The van der Waals surface area contributed by atoms with Crippen LogP contribution in [0.3, 0.4) is 0 Å². The molecule has 0 saturated carbocycles. The predicted octanol–water partition coefficient (Wildman–Crippen LogP) is 5.42. The lowest BCUT2D eigenvalue weighted by Crippen LogP contribution is -3.13. The minimum absolute atomic E-state index is 0.0502. The molecule has 0 unspecified atom stereocenters. The van der Waals surface area contributed by atoms with E-state index in [1.807, 2.05) is 37.3 Å². The summed E-state index contributed by atoms with van der Waals surface area (Å²) < 4.78 is 5.70. The molecule has 1 atom stereocenters. The maximum absolute atomic E-state index is 13.1. The third-order valence-electron chi connectivity index (χ3n) is 6.83. The molecule has 0 spiro atoms. The first kappa shape index (κ1) is 23.5. The van der Waals surface area contributed by atoms with Gasteiger partial charge in [-0.15, -0.1) is 11.3 Å². The van der Waals surface area contributed by atoms with Crippen molar-refractivity contribution in [2.75, 3.05) is 25.0 Å². The minimum Gasteiger partial charge on any atom is -0.494 e. The van der Waals surface area contributed by atoms with Crippen LogP contribution < -0.4 is 15.0 Å². The lowest BCUT2D eigenvalue weighted by atomic mass is 9.91. The van der Waals surface area contributed by atoms with E-state index < -0.39 is 0 Å². The number of carbonyl (C=O) groups is 1. The summed E-state index contributed by atoms with van der Waals surface area (Å²) in [5, 5.41) is 4.24. The van der Waals surface area contributed by atoms with E-state index in [0.29, 0.717) is 12.2 Å². The van der Waals surface area contributed by atoms with Crippen molar-refractivity contribution in [3.63, 3.8) is 0 Å². The Kier molecular flexibility index (Phi) is 7.51. The number of carbonyl (C=O) groups excluding carboxylic acids is 1. The molecule has 2 N–H and O–H groups in total. The zero-order valence-electron chi connectivity index (χ0n) is 20.1. The highest BCUT2D eigenvalue weighted by molar-refractivity contribution is 7.16. The molecule has 1 fully saturated rings. The third kappa shape index (κ3) is 5.31. The largest absolute Gasteiger partial charge is 0.494 e. The van der Waals surface area contributed by atoms with Crippen LogP contribution in [0.25, 0.3) is 0 Å². The fourth-order valence-corrected chi connectivity index (χ4v) is 5.89. The Morgan fingerprint density at radius 2 is 1.76 bits per heavy atom. The second-order valence-corrected chi connectivity index (χ2v) is 10.3. The second kappa shape index (κ2) is 10.5. The van der Waals surface area contributed by atoms with Gasteiger partial charge >= 0.3 is 0 Å². The van der Waals surface area contributed by atoms with Crippen molar-refractivity contribution in [2.45, 2.75) is 46.6 Å². The van der Waals surface area contributed by atoms with E-state index in [9.17, 15) is 4.79 Å². The topological polar surface area (TPSA) is 42.8 Å². The maximum Gasteiger partial charge on any atom is 0.256 e. The van der Waals surface area contributed by atoms with Crippen LogP contribution in [0.2, 0.25) is 0 Å². The number of quaternary nitrogens is 1. The Balaban J connectivity index is 1.74. The van der Waals surface area contributed by atoms with E-state index in [2.05, 4.69) is 50.4 Å². The molecule has 174 valence electrons. The van der Waals surface area contributed by atoms with Gasteiger partial charge in [0.25, 0.3) is 5.91 Å². The number of benzene rings is 2. The SMILES string of the molecule is CCOc1ccc([C@H](c2c(NC(=O)c3ccccc3)sc(C)c2C)[NH+]2CCC(C)CC2)cc1. The quantitative estimate of drug-likeness (QED) is 0.491. The molecule has 5 heteroatoms. The molecule has 0 radical (unpaired) electrons. The zero-order valence-corrected chi connectivity index (χ0v) is 20.9. The summed E-state index contributed by atoms with van der Waals surface area (Å²) in [7, 11) is 0. The lowest BCUT2D eigenvalue weighted by Gasteiger charge is -2.35. The Morgan fingerprint density at radius 3 is 2.39 bits per heavy atom. The van der Waals surface area contributed by atoms with Gasteiger partial charge in [0.15, 0.2) is 0 Å². The summed E-state index contributed by atoms with van der Waals surface area (Å²) in [5.41, 5.74) is 4.51. The molecule has 1 aromatic heterocycles. The average molecular weight is 464 g/mol. The summed E-state index contributed by atoms with van der Waals surface area (Å²) in [6.45, 7) is 11.7. The van der Waals surface area contributed by atoms with Crippen LogP contribution in [-0.4, -0.2) is 25.6 Å². The van der Waals surface area contributed by atoms with E-state index in [4.69, 9.17) is 4.74 Å². The number of amides is 1. The van der Waals surface area contributed by atoms with Gasteiger partial charge < -0.3 is 15.0 Å². The second-order valence-electron chi connectivity index (χ2n) is 9.12. The van der Waals surface area contributed by atoms with Gasteiger partial charge in [-0.1, -0.05) is 25.1 Å². The van der Waals surface area contributed by atoms with Crippen molar-refractivity contribution in [2.24, 2.45) is 5.92 Å². The van der Waals surface area contributed by atoms with Gasteiger partial charge in [-0.3, -0.25) is 4.79 Å². The predicted molar refractivity (Wildman–Crippen MR) is 137 cm³/mol. The summed E-state index contributed by atoms with van der Waals surface area (Å²) >= 11 is 1.69. The molecule has 0 aliphatic carbocycles. The Hall–Kier alpha value is -2.63. The summed E-state index contributed by atoms with van der Waals surface area (Å²) in [4.78, 5) is 15.9. The number of hydrogen-bond donors (Lipinski definition) is 2. The normalized spacial score (nSPS) is 19.2. The smallest absolute Gasteiger partial charge is 0.256 e. The Bertz CT molecular complexity index is 1070. The lowest BCUT2D eigenvalue weighted by molar-refractivity contribution is -0.931. The number of anilines is 1. The van der Waals surface area contributed by atoms with Crippen molar-refractivity contribution in [3.05, 3.63) is 81.7 Å². The maximum atomic E-state index is 13.1. The summed E-state index contributed by atoms with van der Waals surface area (Å²) in [6, 6.07) is 18.2. The molecular formula is C28H35N2O2S+. The van der Waals surface area contributed by atoms with Gasteiger partial charge in [-0.25, -0.2) is 0 Å². The first-order chi connectivity index (χ1) is 16.0.